The summed E-state index contributed by atoms with van der Waals surface area (Å²) in [6.07, 6.45) is 0. The largest absolute Gasteiger partial charge is 0.0861 e. The van der Waals surface area contributed by atoms with E-state index in [0.29, 0.717) is 20.8 Å². The van der Waals surface area contributed by atoms with Crippen molar-refractivity contribution in [1.82, 2.24) is 0 Å². The fourth-order valence-electron chi connectivity index (χ4n) is 3.99. The van der Waals surface area contributed by atoms with Crippen LogP contribution in [-0.2, 0) is 0 Å². The standard InChI is InChI=1S/C19H36P2Si/c1-16(2,3)13-14(17(4,5)6)21-15(18(7,8)9)20-19(13,21)22(10,11)12/h1-12H3/t19-,21?/m1/s1. The second-order valence-electron chi connectivity index (χ2n) is 11.2. The number of allylic oxidation sites excluding steroid dienone is 2. The number of fused-ring (bicyclic) bond motifs is 1. The molecular weight excluding hydrogens is 318 g/mol. The van der Waals surface area contributed by atoms with Gasteiger partial charge in [-0.1, -0.05) is 90.2 Å². The molecular formula is C19H36P2Si. The molecule has 0 spiro atoms. The van der Waals surface area contributed by atoms with Crippen LogP contribution in [0.2, 0.25) is 19.6 Å². The van der Waals surface area contributed by atoms with E-state index in [-0.39, 0.29) is 7.92 Å². The summed E-state index contributed by atoms with van der Waals surface area (Å²) in [5, 5.41) is 3.71. The van der Waals surface area contributed by atoms with Crippen LogP contribution in [0.4, 0.5) is 0 Å². The minimum atomic E-state index is -1.25. The molecule has 22 heavy (non-hydrogen) atoms. The van der Waals surface area contributed by atoms with E-state index in [9.17, 15) is 0 Å². The highest BCUT2D eigenvalue weighted by Crippen LogP contribution is 2.90. The highest BCUT2D eigenvalue weighted by molar-refractivity contribution is 8.06. The Morgan fingerprint density at radius 1 is 0.773 bits per heavy atom. The first-order valence-corrected chi connectivity index (χ1v) is 14.4. The van der Waals surface area contributed by atoms with E-state index in [1.807, 2.05) is 15.9 Å². The molecule has 0 aromatic rings. The van der Waals surface area contributed by atoms with Crippen LogP contribution in [0, 0.1) is 16.2 Å². The quantitative estimate of drug-likeness (QED) is 0.337. The molecule has 1 unspecified atom stereocenters. The molecule has 0 fully saturated rings. The van der Waals surface area contributed by atoms with Crippen molar-refractivity contribution in [3.05, 3.63) is 10.9 Å². The molecule has 126 valence electrons. The average molecular weight is 355 g/mol. The topological polar surface area (TPSA) is 0 Å². The third-order valence-electron chi connectivity index (χ3n) is 4.79. The molecule has 2 aliphatic heterocycles. The van der Waals surface area contributed by atoms with Crippen molar-refractivity contribution in [1.29, 1.82) is 0 Å². The van der Waals surface area contributed by atoms with Gasteiger partial charge in [0.25, 0.3) is 0 Å². The molecule has 2 aliphatic rings. The van der Waals surface area contributed by atoms with Crippen molar-refractivity contribution in [3.8, 4) is 0 Å². The zero-order chi connectivity index (χ0) is 17.5. The lowest BCUT2D eigenvalue weighted by molar-refractivity contribution is 0.441. The summed E-state index contributed by atoms with van der Waals surface area (Å²) in [5.41, 5.74) is 2.87. The Balaban J connectivity index is 2.73. The average Bonchev–Trinajstić information content (AvgIpc) is 2.12. The predicted molar refractivity (Wildman–Crippen MR) is 110 cm³/mol. The summed E-state index contributed by atoms with van der Waals surface area (Å²) >= 11 is 0. The summed E-state index contributed by atoms with van der Waals surface area (Å²) in [6.45, 7) is 29.8. The van der Waals surface area contributed by atoms with Gasteiger partial charge in [-0.2, -0.15) is 0 Å². The van der Waals surface area contributed by atoms with Crippen molar-refractivity contribution in [2.24, 2.45) is 16.2 Å². The van der Waals surface area contributed by atoms with Gasteiger partial charge in [0.05, 0.1) is 12.6 Å². The maximum absolute atomic E-state index is 2.61. The van der Waals surface area contributed by atoms with Gasteiger partial charge in [-0.05, 0) is 40.1 Å². The summed E-state index contributed by atoms with van der Waals surface area (Å²) in [7, 11) is 0.409. The molecule has 0 nitrogen and oxygen atoms in total. The number of hydrogen-bond acceptors (Lipinski definition) is 0. The minimum absolute atomic E-state index is 0.0316. The van der Waals surface area contributed by atoms with E-state index < -0.39 is 8.07 Å². The fourth-order valence-corrected chi connectivity index (χ4v) is 17.9. The summed E-state index contributed by atoms with van der Waals surface area (Å²) < 4.78 is 0.575. The van der Waals surface area contributed by atoms with Gasteiger partial charge in [-0.25, -0.2) is 0 Å². The highest BCUT2D eigenvalue weighted by atomic mass is 31.2. The van der Waals surface area contributed by atoms with Crippen molar-refractivity contribution < 1.29 is 0 Å². The van der Waals surface area contributed by atoms with Crippen LogP contribution in [0.15, 0.2) is 10.9 Å². The zero-order valence-electron chi connectivity index (χ0n) is 16.9. The summed E-state index contributed by atoms with van der Waals surface area (Å²) in [4.78, 5) is 0. The molecule has 0 aliphatic carbocycles. The molecule has 2 atom stereocenters. The SMILES string of the molecule is CC(C)(C)C1=P[C@]2([Si](C)(C)C)C(C(C)(C)C)=C(C(C)(C)C)P12. The van der Waals surface area contributed by atoms with Gasteiger partial charge >= 0.3 is 0 Å². The molecule has 0 saturated heterocycles. The first kappa shape index (κ1) is 18.9. The van der Waals surface area contributed by atoms with Crippen molar-refractivity contribution in [2.75, 3.05) is 0 Å². The molecule has 0 saturated carbocycles. The van der Waals surface area contributed by atoms with Crippen molar-refractivity contribution >= 4 is 29.2 Å². The zero-order valence-corrected chi connectivity index (χ0v) is 19.7. The van der Waals surface area contributed by atoms with E-state index in [1.165, 1.54) is 0 Å². The van der Waals surface area contributed by atoms with Crippen LogP contribution >= 0.6 is 16.1 Å². The molecule has 2 heterocycles. The maximum atomic E-state index is 2.61. The lowest BCUT2D eigenvalue weighted by Gasteiger charge is -2.70. The van der Waals surface area contributed by atoms with Crippen LogP contribution in [0.5, 0.6) is 0 Å². The first-order valence-electron chi connectivity index (χ1n) is 8.62. The van der Waals surface area contributed by atoms with Crippen LogP contribution in [0.1, 0.15) is 62.3 Å². The molecule has 2 rings (SSSR count). The lowest BCUT2D eigenvalue weighted by atomic mass is 9.80. The lowest BCUT2D eigenvalue weighted by Crippen LogP contribution is -2.62. The van der Waals surface area contributed by atoms with E-state index in [2.05, 4.69) is 82.0 Å². The van der Waals surface area contributed by atoms with E-state index in [4.69, 9.17) is 0 Å². The van der Waals surface area contributed by atoms with E-state index >= 15 is 0 Å². The molecule has 0 aromatic heterocycles. The highest BCUT2D eigenvalue weighted by Gasteiger charge is 2.70. The Kier molecular flexibility index (Phi) is 4.12. The molecule has 3 heteroatoms. The predicted octanol–water partition coefficient (Wildman–Crippen LogP) is 7.54. The van der Waals surface area contributed by atoms with Gasteiger partial charge in [-0.15, -0.1) is 0 Å². The molecule has 0 aromatic carbocycles. The smallest absolute Gasteiger partial charge is 0.0720 e. The Bertz CT molecular complexity index is 556. The van der Waals surface area contributed by atoms with Crippen molar-refractivity contribution in [3.63, 3.8) is 0 Å². The molecule has 0 radical (unpaired) electrons. The minimum Gasteiger partial charge on any atom is -0.0861 e. The Morgan fingerprint density at radius 2 is 1.23 bits per heavy atom. The van der Waals surface area contributed by atoms with Crippen LogP contribution < -0.4 is 0 Å². The number of hydrogen-bond donors (Lipinski definition) is 0. The van der Waals surface area contributed by atoms with Gasteiger partial charge in [0.15, 0.2) is 0 Å². The molecule has 0 N–H and O–H groups in total. The van der Waals surface area contributed by atoms with Crippen LogP contribution in [0.25, 0.3) is 0 Å². The summed E-state index contributed by atoms with van der Waals surface area (Å²) in [5.74, 6) is 0. The second kappa shape index (κ2) is 4.80. The second-order valence-corrected chi connectivity index (χ2v) is 21.5. The first-order chi connectivity index (χ1) is 9.46. The van der Waals surface area contributed by atoms with Gasteiger partial charge in [0.2, 0.25) is 0 Å². The summed E-state index contributed by atoms with van der Waals surface area (Å²) in [6, 6.07) is 0. The molecule has 0 bridgehead atoms. The van der Waals surface area contributed by atoms with Gasteiger partial charge in [0.1, 0.15) is 0 Å². The van der Waals surface area contributed by atoms with Gasteiger partial charge in [0, 0.05) is 0 Å². The Morgan fingerprint density at radius 3 is 1.50 bits per heavy atom. The Labute approximate surface area is 143 Å². The third kappa shape index (κ3) is 2.46. The molecule has 0 amide bonds. The van der Waals surface area contributed by atoms with E-state index in [1.54, 1.807) is 8.20 Å². The fraction of sp³-hybridized carbons (Fsp3) is 0.842. The number of rotatable bonds is 1. The Hall–Kier alpha value is 0.557. The van der Waals surface area contributed by atoms with Crippen molar-refractivity contribution in [2.45, 2.75) is 86.5 Å². The van der Waals surface area contributed by atoms with Crippen LogP contribution in [-0.4, -0.2) is 17.6 Å². The third-order valence-corrected chi connectivity index (χ3v) is 18.7. The normalized spacial score (nSPS) is 30.4. The van der Waals surface area contributed by atoms with Gasteiger partial charge in [-0.3, -0.25) is 0 Å². The van der Waals surface area contributed by atoms with Gasteiger partial charge < -0.3 is 0 Å². The van der Waals surface area contributed by atoms with E-state index in [0.717, 1.165) is 0 Å². The van der Waals surface area contributed by atoms with Crippen LogP contribution in [0.3, 0.4) is 0 Å². The maximum Gasteiger partial charge on any atom is 0.0720 e. The monoisotopic (exact) mass is 354 g/mol.